The minimum Gasteiger partial charge on any atom is -0.473 e. The Morgan fingerprint density at radius 3 is 3.06 bits per heavy atom. The second kappa shape index (κ2) is 3.31. The van der Waals surface area contributed by atoms with Crippen LogP contribution in [0.4, 0.5) is 0 Å². The van der Waals surface area contributed by atoms with Crippen LogP contribution in [0.2, 0.25) is 0 Å². The molecule has 7 heteroatoms. The summed E-state index contributed by atoms with van der Waals surface area (Å²) in [4.78, 5) is 11.3. The zero-order valence-corrected chi connectivity index (χ0v) is 8.46. The number of nitrogens with zero attached hydrogens (tertiary/aromatic N) is 3. The van der Waals surface area contributed by atoms with Gasteiger partial charge < -0.3 is 10.5 Å². The van der Waals surface area contributed by atoms with Crippen LogP contribution in [0.15, 0.2) is 16.9 Å². The fraction of sp³-hybridized carbons (Fsp3) is 0.444. The molecular formula is C9H11N5O2. The molecule has 0 aliphatic heterocycles. The molecule has 1 fully saturated rings. The molecule has 2 aromatic rings. The Hall–Kier alpha value is -1.89. The molecule has 0 saturated heterocycles. The first-order valence-electron chi connectivity index (χ1n) is 5.09. The van der Waals surface area contributed by atoms with Crippen LogP contribution in [-0.4, -0.2) is 32.0 Å². The molecule has 0 radical (unpaired) electrons. The summed E-state index contributed by atoms with van der Waals surface area (Å²) in [5, 5.41) is 10.1. The Morgan fingerprint density at radius 2 is 2.31 bits per heavy atom. The highest BCUT2D eigenvalue weighted by atomic mass is 16.5. The number of aromatic nitrogens is 4. The lowest BCUT2D eigenvalue weighted by atomic mass is 9.90. The van der Waals surface area contributed by atoms with Crippen molar-refractivity contribution < 1.29 is 4.74 Å². The first kappa shape index (κ1) is 9.34. The number of rotatable bonds is 2. The minimum atomic E-state index is -0.370. The maximum atomic E-state index is 11.3. The molecule has 16 heavy (non-hydrogen) atoms. The van der Waals surface area contributed by atoms with Crippen LogP contribution in [0.25, 0.3) is 5.65 Å². The monoisotopic (exact) mass is 221 g/mol. The Kier molecular flexibility index (Phi) is 1.93. The number of fused-ring (bicyclic) bond motifs is 1. The maximum absolute atomic E-state index is 11.3. The zero-order valence-electron chi connectivity index (χ0n) is 8.46. The van der Waals surface area contributed by atoms with E-state index in [0.29, 0.717) is 11.5 Å². The smallest absolute Gasteiger partial charge is 0.364 e. The standard InChI is InChI=1S/C9H11N5O2/c10-5-3-6(4-5)16-8-2-1-7-11-12-9(15)14(7)13-8/h1-2,5-6H,3-4,10H2,(H,12,15). The van der Waals surface area contributed by atoms with E-state index in [9.17, 15) is 4.79 Å². The molecule has 1 aliphatic rings. The normalized spacial score (nSPS) is 24.3. The fourth-order valence-corrected chi connectivity index (χ4v) is 1.72. The molecule has 0 spiro atoms. The van der Waals surface area contributed by atoms with E-state index in [1.165, 1.54) is 4.52 Å². The van der Waals surface area contributed by atoms with Crippen LogP contribution in [0.3, 0.4) is 0 Å². The average Bonchev–Trinajstić information content (AvgIpc) is 2.58. The topological polar surface area (TPSA) is 98.3 Å². The van der Waals surface area contributed by atoms with Crippen molar-refractivity contribution in [3.05, 3.63) is 22.6 Å². The predicted octanol–water partition coefficient (Wildman–Crippen LogP) is -0.714. The number of H-pyrrole nitrogens is 1. The molecule has 2 heterocycles. The van der Waals surface area contributed by atoms with Gasteiger partial charge in [0.15, 0.2) is 5.65 Å². The van der Waals surface area contributed by atoms with Crippen molar-refractivity contribution in [1.29, 1.82) is 0 Å². The molecule has 0 aromatic carbocycles. The predicted molar refractivity (Wildman–Crippen MR) is 55.2 cm³/mol. The minimum absolute atomic E-state index is 0.113. The number of nitrogens with one attached hydrogen (secondary N) is 1. The molecule has 0 unspecified atom stereocenters. The van der Waals surface area contributed by atoms with Gasteiger partial charge in [0.1, 0.15) is 6.10 Å². The van der Waals surface area contributed by atoms with E-state index in [1.54, 1.807) is 12.1 Å². The van der Waals surface area contributed by atoms with Crippen LogP contribution in [0, 0.1) is 0 Å². The van der Waals surface area contributed by atoms with Gasteiger partial charge in [-0.1, -0.05) is 0 Å². The van der Waals surface area contributed by atoms with E-state index in [-0.39, 0.29) is 17.8 Å². The lowest BCUT2D eigenvalue weighted by Crippen LogP contribution is -2.43. The van der Waals surface area contributed by atoms with Crippen LogP contribution in [0.5, 0.6) is 5.88 Å². The summed E-state index contributed by atoms with van der Waals surface area (Å²) in [6.07, 6.45) is 1.78. The quantitative estimate of drug-likeness (QED) is 0.697. The van der Waals surface area contributed by atoms with Gasteiger partial charge in [-0.3, -0.25) is 0 Å². The van der Waals surface area contributed by atoms with Crippen molar-refractivity contribution in [3.8, 4) is 5.88 Å². The maximum Gasteiger partial charge on any atom is 0.364 e. The van der Waals surface area contributed by atoms with Gasteiger partial charge in [0.25, 0.3) is 0 Å². The lowest BCUT2D eigenvalue weighted by Gasteiger charge is -2.31. The molecule has 0 bridgehead atoms. The van der Waals surface area contributed by atoms with Gasteiger partial charge in [-0.15, -0.1) is 5.10 Å². The van der Waals surface area contributed by atoms with Crippen molar-refractivity contribution in [2.24, 2.45) is 5.73 Å². The van der Waals surface area contributed by atoms with E-state index >= 15 is 0 Å². The lowest BCUT2D eigenvalue weighted by molar-refractivity contribution is 0.0943. The number of hydrogen-bond donors (Lipinski definition) is 2. The van der Waals surface area contributed by atoms with Crippen LogP contribution >= 0.6 is 0 Å². The van der Waals surface area contributed by atoms with Crippen molar-refractivity contribution in [1.82, 2.24) is 19.8 Å². The Labute approximate surface area is 90.2 Å². The molecule has 1 saturated carbocycles. The van der Waals surface area contributed by atoms with Gasteiger partial charge in [-0.05, 0) is 18.9 Å². The number of nitrogens with two attached hydrogens (primary N) is 1. The van der Waals surface area contributed by atoms with E-state index in [1.807, 2.05) is 0 Å². The summed E-state index contributed by atoms with van der Waals surface area (Å²) in [5.41, 5.74) is 5.76. The summed E-state index contributed by atoms with van der Waals surface area (Å²) in [6.45, 7) is 0. The third-order valence-corrected chi connectivity index (χ3v) is 2.67. The number of aromatic amines is 1. The molecule has 7 nitrogen and oxygen atoms in total. The van der Waals surface area contributed by atoms with Gasteiger partial charge in [0.2, 0.25) is 5.88 Å². The van der Waals surface area contributed by atoms with E-state index in [4.69, 9.17) is 10.5 Å². The van der Waals surface area contributed by atoms with Crippen LogP contribution in [0.1, 0.15) is 12.8 Å². The SMILES string of the molecule is NC1CC(Oc2ccc3n[nH]c(=O)n3n2)C1. The van der Waals surface area contributed by atoms with Gasteiger partial charge in [0.05, 0.1) is 0 Å². The van der Waals surface area contributed by atoms with Gasteiger partial charge in [-0.25, -0.2) is 9.89 Å². The summed E-state index contributed by atoms with van der Waals surface area (Å²) in [5.74, 6) is 0.424. The first-order valence-corrected chi connectivity index (χ1v) is 5.09. The Morgan fingerprint density at radius 1 is 1.50 bits per heavy atom. The third-order valence-electron chi connectivity index (χ3n) is 2.67. The number of hydrogen-bond acceptors (Lipinski definition) is 5. The second-order valence-corrected chi connectivity index (χ2v) is 3.94. The second-order valence-electron chi connectivity index (χ2n) is 3.94. The summed E-state index contributed by atoms with van der Waals surface area (Å²) >= 11 is 0. The Balaban J connectivity index is 1.87. The molecule has 3 rings (SSSR count). The molecule has 3 N–H and O–H groups in total. The van der Waals surface area contributed by atoms with Crippen LogP contribution in [-0.2, 0) is 0 Å². The van der Waals surface area contributed by atoms with Crippen molar-refractivity contribution in [3.63, 3.8) is 0 Å². The molecule has 0 atom stereocenters. The van der Waals surface area contributed by atoms with Gasteiger partial charge in [0, 0.05) is 12.1 Å². The molecule has 1 aliphatic carbocycles. The average molecular weight is 221 g/mol. The van der Waals surface area contributed by atoms with Crippen molar-refractivity contribution in [2.45, 2.75) is 25.0 Å². The van der Waals surface area contributed by atoms with E-state index in [2.05, 4.69) is 15.3 Å². The summed E-state index contributed by atoms with van der Waals surface area (Å²) in [7, 11) is 0. The molecular weight excluding hydrogens is 210 g/mol. The van der Waals surface area contributed by atoms with E-state index in [0.717, 1.165) is 12.8 Å². The van der Waals surface area contributed by atoms with Crippen molar-refractivity contribution in [2.75, 3.05) is 0 Å². The van der Waals surface area contributed by atoms with Crippen molar-refractivity contribution >= 4 is 5.65 Å². The zero-order chi connectivity index (χ0) is 11.1. The first-order chi connectivity index (χ1) is 7.72. The molecule has 0 amide bonds. The fourth-order valence-electron chi connectivity index (χ4n) is 1.72. The third kappa shape index (κ3) is 1.45. The Bertz CT molecular complexity index is 569. The summed E-state index contributed by atoms with van der Waals surface area (Å²) in [6, 6.07) is 3.60. The number of ether oxygens (including phenoxy) is 1. The highest BCUT2D eigenvalue weighted by molar-refractivity contribution is 5.35. The highest BCUT2D eigenvalue weighted by Crippen LogP contribution is 2.22. The van der Waals surface area contributed by atoms with Gasteiger partial charge in [-0.2, -0.15) is 9.61 Å². The molecule has 2 aromatic heterocycles. The van der Waals surface area contributed by atoms with Crippen LogP contribution < -0.4 is 16.2 Å². The van der Waals surface area contributed by atoms with Gasteiger partial charge >= 0.3 is 5.69 Å². The highest BCUT2D eigenvalue weighted by Gasteiger charge is 2.28. The van der Waals surface area contributed by atoms with E-state index < -0.39 is 0 Å². The summed E-state index contributed by atoms with van der Waals surface area (Å²) < 4.78 is 6.74. The molecule has 84 valence electrons. The largest absolute Gasteiger partial charge is 0.473 e.